The van der Waals surface area contributed by atoms with Crippen molar-refractivity contribution in [1.82, 2.24) is 4.98 Å². The van der Waals surface area contributed by atoms with Gasteiger partial charge < -0.3 is 0 Å². The van der Waals surface area contributed by atoms with Crippen molar-refractivity contribution in [2.45, 2.75) is 13.8 Å². The molecule has 0 saturated heterocycles. The molecule has 0 N–H and O–H groups in total. The molecule has 0 radical (unpaired) electrons. The molecule has 0 aromatic carbocycles. The Morgan fingerprint density at radius 2 is 2.29 bits per heavy atom. The lowest BCUT2D eigenvalue weighted by atomic mass is 10.1. The number of allylic oxidation sites excluding steroid dienone is 5. The summed E-state index contributed by atoms with van der Waals surface area (Å²) in [6.07, 6.45) is 9.60. The zero-order valence-corrected chi connectivity index (χ0v) is 8.70. The number of aromatic nitrogens is 1. The Hall–Kier alpha value is -1.63. The van der Waals surface area contributed by atoms with E-state index in [9.17, 15) is 0 Å². The van der Waals surface area contributed by atoms with Crippen molar-refractivity contribution in [3.63, 3.8) is 0 Å². The maximum absolute atomic E-state index is 4.35. The Morgan fingerprint density at radius 3 is 2.86 bits per heavy atom. The van der Waals surface area contributed by atoms with Crippen molar-refractivity contribution >= 4 is 5.57 Å². The number of hydrogen-bond acceptors (Lipinski definition) is 1. The molecule has 0 saturated carbocycles. The minimum Gasteiger partial charge on any atom is -0.256 e. The molecule has 0 amide bonds. The van der Waals surface area contributed by atoms with Crippen molar-refractivity contribution in [1.29, 1.82) is 0 Å². The van der Waals surface area contributed by atoms with Crippen molar-refractivity contribution in [3.05, 3.63) is 60.5 Å². The second kappa shape index (κ2) is 5.18. The molecule has 0 fully saturated rings. The number of hydrogen-bond donors (Lipinski definition) is 0. The number of aryl methyl sites for hydroxylation is 1. The van der Waals surface area contributed by atoms with Gasteiger partial charge in [-0.25, -0.2) is 0 Å². The topological polar surface area (TPSA) is 12.9 Å². The Morgan fingerprint density at radius 1 is 1.50 bits per heavy atom. The molecule has 1 aromatic rings. The first kappa shape index (κ1) is 10.5. The van der Waals surface area contributed by atoms with Gasteiger partial charge in [-0.3, -0.25) is 4.98 Å². The molecular formula is C13H15N. The van der Waals surface area contributed by atoms with Crippen LogP contribution in [-0.4, -0.2) is 4.98 Å². The Bertz CT molecular complexity index is 373. The lowest BCUT2D eigenvalue weighted by Crippen LogP contribution is -1.90. The highest BCUT2D eigenvalue weighted by molar-refractivity contribution is 5.74. The summed E-state index contributed by atoms with van der Waals surface area (Å²) in [5, 5.41) is 0. The van der Waals surface area contributed by atoms with Crippen molar-refractivity contribution in [2.75, 3.05) is 0 Å². The van der Waals surface area contributed by atoms with Gasteiger partial charge in [0, 0.05) is 11.8 Å². The molecule has 0 aliphatic carbocycles. The van der Waals surface area contributed by atoms with Crippen LogP contribution in [0.15, 0.2) is 49.2 Å². The minimum absolute atomic E-state index is 1.02. The quantitative estimate of drug-likeness (QED) is 0.656. The van der Waals surface area contributed by atoms with Crippen molar-refractivity contribution in [3.8, 4) is 0 Å². The van der Waals surface area contributed by atoms with Crippen LogP contribution < -0.4 is 0 Å². The zero-order valence-electron chi connectivity index (χ0n) is 8.70. The first-order valence-electron chi connectivity index (χ1n) is 4.67. The van der Waals surface area contributed by atoms with Crippen LogP contribution in [0.2, 0.25) is 0 Å². The SMILES string of the molecule is C=C/C=C(\C=C/C)c1ncccc1C. The molecule has 0 aliphatic rings. The third-order valence-electron chi connectivity index (χ3n) is 1.93. The second-order valence-corrected chi connectivity index (χ2v) is 3.03. The molecule has 1 heteroatoms. The average molecular weight is 185 g/mol. The third-order valence-corrected chi connectivity index (χ3v) is 1.93. The maximum Gasteiger partial charge on any atom is 0.0730 e. The van der Waals surface area contributed by atoms with Crippen LogP contribution in [-0.2, 0) is 0 Å². The first-order chi connectivity index (χ1) is 6.79. The average Bonchev–Trinajstić information content (AvgIpc) is 2.18. The second-order valence-electron chi connectivity index (χ2n) is 3.03. The van der Waals surface area contributed by atoms with Gasteiger partial charge in [0.15, 0.2) is 0 Å². The van der Waals surface area contributed by atoms with Gasteiger partial charge in [-0.05, 0) is 25.5 Å². The third kappa shape index (κ3) is 2.43. The summed E-state index contributed by atoms with van der Waals surface area (Å²) in [7, 11) is 0. The van der Waals surface area contributed by atoms with Crippen LogP contribution in [0, 0.1) is 6.92 Å². The van der Waals surface area contributed by atoms with Gasteiger partial charge >= 0.3 is 0 Å². The molecule has 1 rings (SSSR count). The fraction of sp³-hybridized carbons (Fsp3) is 0.154. The molecule has 0 atom stereocenters. The molecule has 14 heavy (non-hydrogen) atoms. The van der Waals surface area contributed by atoms with Gasteiger partial charge in [-0.2, -0.15) is 0 Å². The van der Waals surface area contributed by atoms with Crippen LogP contribution in [0.4, 0.5) is 0 Å². The monoisotopic (exact) mass is 185 g/mol. The number of nitrogens with zero attached hydrogens (tertiary/aromatic N) is 1. The van der Waals surface area contributed by atoms with Crippen molar-refractivity contribution in [2.24, 2.45) is 0 Å². The summed E-state index contributed by atoms with van der Waals surface area (Å²) in [6, 6.07) is 4.00. The minimum atomic E-state index is 1.02. The summed E-state index contributed by atoms with van der Waals surface area (Å²) in [6.45, 7) is 7.75. The smallest absolute Gasteiger partial charge is 0.0730 e. The van der Waals surface area contributed by atoms with E-state index in [0.717, 1.165) is 11.3 Å². The molecule has 1 aromatic heterocycles. The van der Waals surface area contributed by atoms with E-state index in [4.69, 9.17) is 0 Å². The van der Waals surface area contributed by atoms with Gasteiger partial charge in [0.1, 0.15) is 0 Å². The Labute approximate surface area is 85.5 Å². The Balaban J connectivity index is 3.18. The number of rotatable bonds is 3. The molecular weight excluding hydrogens is 170 g/mol. The highest BCUT2D eigenvalue weighted by Gasteiger charge is 2.00. The normalized spacial score (nSPS) is 12.0. The maximum atomic E-state index is 4.35. The van der Waals surface area contributed by atoms with E-state index in [2.05, 4.69) is 24.6 Å². The van der Waals surface area contributed by atoms with Crippen LogP contribution in [0.3, 0.4) is 0 Å². The van der Waals surface area contributed by atoms with Crippen LogP contribution >= 0.6 is 0 Å². The van der Waals surface area contributed by atoms with Gasteiger partial charge in [-0.1, -0.05) is 36.9 Å². The van der Waals surface area contributed by atoms with E-state index < -0.39 is 0 Å². The molecule has 0 aliphatic heterocycles. The molecule has 0 spiro atoms. The van der Waals surface area contributed by atoms with E-state index >= 15 is 0 Å². The molecule has 72 valence electrons. The molecule has 1 heterocycles. The standard InChI is InChI=1S/C13H15N/c1-4-7-12(8-5-2)13-11(3)9-6-10-14-13/h4-10H,1H2,2-3H3/b8-5-,12-7+. The lowest BCUT2D eigenvalue weighted by molar-refractivity contribution is 1.22. The fourth-order valence-corrected chi connectivity index (χ4v) is 1.31. The van der Waals surface area contributed by atoms with Gasteiger partial charge in [-0.15, -0.1) is 0 Å². The van der Waals surface area contributed by atoms with E-state index in [0.29, 0.717) is 0 Å². The summed E-state index contributed by atoms with van der Waals surface area (Å²) in [5.74, 6) is 0. The van der Waals surface area contributed by atoms with Crippen molar-refractivity contribution < 1.29 is 0 Å². The summed E-state index contributed by atoms with van der Waals surface area (Å²) in [5.41, 5.74) is 3.30. The predicted octanol–water partition coefficient (Wildman–Crippen LogP) is 3.54. The first-order valence-corrected chi connectivity index (χ1v) is 4.67. The summed E-state index contributed by atoms with van der Waals surface area (Å²) < 4.78 is 0. The van der Waals surface area contributed by atoms with E-state index in [1.165, 1.54) is 5.56 Å². The van der Waals surface area contributed by atoms with Crippen LogP contribution in [0.25, 0.3) is 5.57 Å². The molecule has 1 nitrogen and oxygen atoms in total. The van der Waals surface area contributed by atoms with E-state index in [-0.39, 0.29) is 0 Å². The van der Waals surface area contributed by atoms with E-state index in [1.807, 2.05) is 37.4 Å². The van der Waals surface area contributed by atoms with Crippen LogP contribution in [0.5, 0.6) is 0 Å². The highest BCUT2D eigenvalue weighted by Crippen LogP contribution is 2.17. The predicted molar refractivity (Wildman–Crippen MR) is 62.0 cm³/mol. The molecule has 0 bridgehead atoms. The fourth-order valence-electron chi connectivity index (χ4n) is 1.31. The van der Waals surface area contributed by atoms with Crippen LogP contribution in [0.1, 0.15) is 18.2 Å². The van der Waals surface area contributed by atoms with Gasteiger partial charge in [0.05, 0.1) is 5.69 Å². The zero-order chi connectivity index (χ0) is 10.4. The highest BCUT2D eigenvalue weighted by atomic mass is 14.7. The Kier molecular flexibility index (Phi) is 3.86. The lowest BCUT2D eigenvalue weighted by Gasteiger charge is -2.04. The van der Waals surface area contributed by atoms with E-state index in [1.54, 1.807) is 6.08 Å². The largest absolute Gasteiger partial charge is 0.256 e. The molecule has 0 unspecified atom stereocenters. The summed E-state index contributed by atoms with van der Waals surface area (Å²) >= 11 is 0. The van der Waals surface area contributed by atoms with Gasteiger partial charge in [0.25, 0.3) is 0 Å². The van der Waals surface area contributed by atoms with Gasteiger partial charge in [0.2, 0.25) is 0 Å². The number of pyridine rings is 1. The summed E-state index contributed by atoms with van der Waals surface area (Å²) in [4.78, 5) is 4.35.